The minimum atomic E-state index is -0.530. The quantitative estimate of drug-likeness (QED) is 0.206. The molecule has 9 heteroatoms. The lowest BCUT2D eigenvalue weighted by molar-refractivity contribution is 0.631. The summed E-state index contributed by atoms with van der Waals surface area (Å²) in [5, 5.41) is 10.9. The van der Waals surface area contributed by atoms with E-state index in [4.69, 9.17) is 4.98 Å². The highest BCUT2D eigenvalue weighted by Gasteiger charge is 2.21. The van der Waals surface area contributed by atoms with Gasteiger partial charge in [-0.05, 0) is 29.3 Å². The van der Waals surface area contributed by atoms with Crippen LogP contribution in [0.15, 0.2) is 97.5 Å². The molecule has 0 unspecified atom stereocenters. The maximum atomic E-state index is 16.1. The van der Waals surface area contributed by atoms with Crippen molar-refractivity contribution in [2.45, 2.75) is 13.1 Å². The van der Waals surface area contributed by atoms with Crippen molar-refractivity contribution >= 4 is 21.9 Å². The van der Waals surface area contributed by atoms with Crippen LogP contribution in [0.1, 0.15) is 11.1 Å². The summed E-state index contributed by atoms with van der Waals surface area (Å²) in [6, 6.07) is 24.0. The molecule has 4 heterocycles. The Bertz CT molecular complexity index is 2010. The fourth-order valence-corrected chi connectivity index (χ4v) is 5.05. The van der Waals surface area contributed by atoms with Crippen LogP contribution in [-0.4, -0.2) is 30.1 Å². The normalized spacial score (nSPS) is 11.5. The zero-order valence-electron chi connectivity index (χ0n) is 21.7. The van der Waals surface area contributed by atoms with Crippen LogP contribution in [0.3, 0.4) is 0 Å². The predicted octanol–water partition coefficient (Wildman–Crippen LogP) is 6.80. The minimum absolute atomic E-state index is 0.167. The largest absolute Gasteiger partial charge is 0.337 e. The van der Waals surface area contributed by atoms with Gasteiger partial charge in [0.1, 0.15) is 17.2 Å². The van der Waals surface area contributed by atoms with Crippen molar-refractivity contribution < 1.29 is 8.78 Å². The van der Waals surface area contributed by atoms with Gasteiger partial charge < -0.3 is 10.3 Å². The summed E-state index contributed by atoms with van der Waals surface area (Å²) in [7, 11) is 0. The molecule has 0 amide bonds. The van der Waals surface area contributed by atoms with Gasteiger partial charge in [0.25, 0.3) is 0 Å². The van der Waals surface area contributed by atoms with Crippen LogP contribution in [0.5, 0.6) is 0 Å². The number of hydrogen-bond donors (Lipinski definition) is 3. The van der Waals surface area contributed by atoms with Gasteiger partial charge in [-0.3, -0.25) is 15.1 Å². The molecule has 7 nitrogen and oxygen atoms in total. The number of para-hydroxylation sites is 1. The average molecular weight is 544 g/mol. The summed E-state index contributed by atoms with van der Waals surface area (Å²) in [5.41, 5.74) is 5.88. The van der Waals surface area contributed by atoms with Crippen LogP contribution in [0.4, 0.5) is 8.78 Å². The van der Waals surface area contributed by atoms with E-state index in [0.717, 1.165) is 5.56 Å². The lowest BCUT2D eigenvalue weighted by Crippen LogP contribution is -2.12. The number of halogens is 2. The summed E-state index contributed by atoms with van der Waals surface area (Å²) in [6.45, 7) is 1.28. The molecular formula is C32H23F2N7. The van der Waals surface area contributed by atoms with Gasteiger partial charge >= 0.3 is 0 Å². The first-order valence-corrected chi connectivity index (χ1v) is 13.1. The van der Waals surface area contributed by atoms with E-state index in [0.29, 0.717) is 57.8 Å². The number of aromatic nitrogens is 6. The minimum Gasteiger partial charge on any atom is -0.337 e. The highest BCUT2D eigenvalue weighted by atomic mass is 19.1. The van der Waals surface area contributed by atoms with E-state index in [1.807, 2.05) is 42.5 Å². The van der Waals surface area contributed by atoms with Crippen molar-refractivity contribution in [1.82, 2.24) is 35.5 Å². The molecular weight excluding hydrogens is 520 g/mol. The number of nitrogens with one attached hydrogen (secondary N) is 3. The van der Waals surface area contributed by atoms with E-state index in [-0.39, 0.29) is 16.9 Å². The second kappa shape index (κ2) is 10.4. The number of nitrogens with zero attached hydrogens (tertiary/aromatic N) is 4. The van der Waals surface area contributed by atoms with Crippen molar-refractivity contribution in [1.29, 1.82) is 0 Å². The molecule has 0 saturated carbocycles. The summed E-state index contributed by atoms with van der Waals surface area (Å²) in [4.78, 5) is 16.7. The molecule has 200 valence electrons. The molecule has 0 bridgehead atoms. The van der Waals surface area contributed by atoms with Crippen molar-refractivity contribution in [3.8, 4) is 33.9 Å². The third-order valence-corrected chi connectivity index (χ3v) is 7.01. The Kier molecular flexibility index (Phi) is 6.25. The van der Waals surface area contributed by atoms with Gasteiger partial charge in [-0.25, -0.2) is 13.8 Å². The number of aromatic amines is 2. The second-order valence-corrected chi connectivity index (χ2v) is 9.72. The number of H-pyrrole nitrogens is 2. The molecule has 4 aromatic heterocycles. The molecule has 0 aliphatic carbocycles. The molecule has 0 radical (unpaired) electrons. The average Bonchev–Trinajstić information content (AvgIpc) is 3.63. The monoisotopic (exact) mass is 543 g/mol. The number of rotatable bonds is 7. The summed E-state index contributed by atoms with van der Waals surface area (Å²) in [6.07, 6.45) is 4.90. The molecule has 7 rings (SSSR count). The number of pyridine rings is 2. The topological polar surface area (TPSA) is 95.2 Å². The van der Waals surface area contributed by atoms with Gasteiger partial charge in [-0.1, -0.05) is 60.7 Å². The highest BCUT2D eigenvalue weighted by Crippen LogP contribution is 2.35. The SMILES string of the molecule is Fc1ccccc1-c1cccc2[nH]c(-c3n[nH]c4cnc(-c5cncc(CNCc6ccccc6)c5)c(F)c34)nc12. The third-order valence-electron chi connectivity index (χ3n) is 7.01. The van der Waals surface area contributed by atoms with E-state index in [9.17, 15) is 4.39 Å². The van der Waals surface area contributed by atoms with E-state index < -0.39 is 5.82 Å². The van der Waals surface area contributed by atoms with E-state index >= 15 is 4.39 Å². The van der Waals surface area contributed by atoms with Crippen LogP contribution in [0.25, 0.3) is 55.8 Å². The fourth-order valence-electron chi connectivity index (χ4n) is 5.05. The van der Waals surface area contributed by atoms with E-state index in [1.54, 1.807) is 36.8 Å². The van der Waals surface area contributed by atoms with Gasteiger partial charge in [0, 0.05) is 42.2 Å². The number of benzene rings is 3. The molecule has 7 aromatic rings. The maximum absolute atomic E-state index is 16.1. The Balaban J connectivity index is 1.24. The Morgan fingerprint density at radius 3 is 2.41 bits per heavy atom. The van der Waals surface area contributed by atoms with Crippen molar-refractivity contribution in [2.75, 3.05) is 0 Å². The Morgan fingerprint density at radius 2 is 1.54 bits per heavy atom. The lowest BCUT2D eigenvalue weighted by atomic mass is 10.0. The van der Waals surface area contributed by atoms with Gasteiger partial charge in [0.2, 0.25) is 0 Å². The standard InChI is InChI=1S/C32H23F2N7/c33-24-11-5-4-9-22(24)23-10-6-12-25-30(23)39-32(38-25)31-27-26(40-41-31)18-37-29(28(27)34)21-13-20(16-36-17-21)15-35-14-19-7-2-1-3-8-19/h1-13,16-18,35H,14-15H2,(H,38,39)(H,40,41). The van der Waals surface area contributed by atoms with Crippen molar-refractivity contribution in [3.63, 3.8) is 0 Å². The van der Waals surface area contributed by atoms with Crippen LogP contribution in [0.2, 0.25) is 0 Å². The first-order chi connectivity index (χ1) is 20.2. The van der Waals surface area contributed by atoms with Gasteiger partial charge in [0.05, 0.1) is 28.1 Å². The molecule has 0 aliphatic heterocycles. The molecule has 41 heavy (non-hydrogen) atoms. The summed E-state index contributed by atoms with van der Waals surface area (Å²) in [5.74, 6) is -0.511. The van der Waals surface area contributed by atoms with Crippen molar-refractivity contribution in [3.05, 3.63) is 120 Å². The van der Waals surface area contributed by atoms with Crippen LogP contribution >= 0.6 is 0 Å². The zero-order chi connectivity index (χ0) is 27.8. The van der Waals surface area contributed by atoms with Crippen LogP contribution in [0, 0.1) is 11.6 Å². The molecule has 0 fully saturated rings. The molecule has 0 saturated heterocycles. The summed E-state index contributed by atoms with van der Waals surface area (Å²) < 4.78 is 30.7. The summed E-state index contributed by atoms with van der Waals surface area (Å²) >= 11 is 0. The number of fused-ring (bicyclic) bond motifs is 2. The van der Waals surface area contributed by atoms with E-state index in [2.05, 4.69) is 42.6 Å². The number of imidazole rings is 1. The first-order valence-electron chi connectivity index (χ1n) is 13.1. The predicted molar refractivity (Wildman–Crippen MR) is 155 cm³/mol. The molecule has 0 spiro atoms. The van der Waals surface area contributed by atoms with Crippen molar-refractivity contribution in [2.24, 2.45) is 0 Å². The van der Waals surface area contributed by atoms with E-state index in [1.165, 1.54) is 11.6 Å². The third kappa shape index (κ3) is 4.62. The second-order valence-electron chi connectivity index (χ2n) is 9.72. The molecule has 3 N–H and O–H groups in total. The first kappa shape index (κ1) is 24.7. The number of hydrogen-bond acceptors (Lipinski definition) is 5. The molecule has 0 atom stereocenters. The van der Waals surface area contributed by atoms with Crippen LogP contribution < -0.4 is 5.32 Å². The lowest BCUT2D eigenvalue weighted by Gasteiger charge is -2.08. The molecule has 3 aromatic carbocycles. The smallest absolute Gasteiger partial charge is 0.161 e. The highest BCUT2D eigenvalue weighted by molar-refractivity contribution is 5.98. The Hall–Kier alpha value is -5.28. The molecule has 0 aliphatic rings. The van der Waals surface area contributed by atoms with Gasteiger partial charge in [-0.15, -0.1) is 0 Å². The Labute approximate surface area is 233 Å². The van der Waals surface area contributed by atoms with Crippen LogP contribution in [-0.2, 0) is 13.1 Å². The zero-order valence-corrected chi connectivity index (χ0v) is 21.7. The fraction of sp³-hybridized carbons (Fsp3) is 0.0625. The van der Waals surface area contributed by atoms with Gasteiger partial charge in [-0.2, -0.15) is 5.10 Å². The van der Waals surface area contributed by atoms with Gasteiger partial charge in [0.15, 0.2) is 11.6 Å². The Morgan fingerprint density at radius 1 is 0.732 bits per heavy atom. The maximum Gasteiger partial charge on any atom is 0.161 e.